The molecule has 18 heavy (non-hydrogen) atoms. The topological polar surface area (TPSA) is 98.2 Å². The van der Waals surface area contributed by atoms with Crippen LogP contribution in [0, 0.1) is 0 Å². The van der Waals surface area contributed by atoms with Gasteiger partial charge in [-0.3, -0.25) is 9.59 Å². The van der Waals surface area contributed by atoms with Gasteiger partial charge in [-0.05, 0) is 32.0 Å². The summed E-state index contributed by atoms with van der Waals surface area (Å²) >= 11 is 5.83. The Morgan fingerprint density at radius 2 is 2.00 bits per heavy atom. The average molecular weight is 270 g/mol. The van der Waals surface area contributed by atoms with Gasteiger partial charge in [0.05, 0.1) is 10.7 Å². The molecule has 0 saturated carbocycles. The summed E-state index contributed by atoms with van der Waals surface area (Å²) in [4.78, 5) is 22.8. The van der Waals surface area contributed by atoms with E-state index in [9.17, 15) is 9.59 Å². The maximum absolute atomic E-state index is 11.9. The van der Waals surface area contributed by atoms with Crippen LogP contribution in [-0.4, -0.2) is 17.4 Å². The monoisotopic (exact) mass is 269 g/mol. The SMILES string of the molecule is CC(C)(CC(N)=O)NC(=O)c1ccc(N)c(Cl)c1. The van der Waals surface area contributed by atoms with Crippen molar-refractivity contribution >= 4 is 29.1 Å². The minimum Gasteiger partial charge on any atom is -0.398 e. The lowest BCUT2D eigenvalue weighted by atomic mass is 9.99. The fourth-order valence-corrected chi connectivity index (χ4v) is 1.71. The zero-order chi connectivity index (χ0) is 13.9. The molecule has 0 fully saturated rings. The third-order valence-electron chi connectivity index (χ3n) is 2.33. The number of halogens is 1. The Bertz CT molecular complexity index is 486. The lowest BCUT2D eigenvalue weighted by Gasteiger charge is -2.24. The molecule has 6 heteroatoms. The van der Waals surface area contributed by atoms with Crippen LogP contribution in [0.1, 0.15) is 30.6 Å². The molecule has 0 unspecified atom stereocenters. The van der Waals surface area contributed by atoms with E-state index < -0.39 is 11.4 Å². The zero-order valence-corrected chi connectivity index (χ0v) is 11.0. The molecule has 1 aromatic carbocycles. The number of amides is 2. The lowest BCUT2D eigenvalue weighted by molar-refractivity contribution is -0.119. The number of carbonyl (C=O) groups excluding carboxylic acids is 2. The van der Waals surface area contributed by atoms with Crippen LogP contribution in [0.3, 0.4) is 0 Å². The van der Waals surface area contributed by atoms with Gasteiger partial charge in [-0.15, -0.1) is 0 Å². The van der Waals surface area contributed by atoms with E-state index in [-0.39, 0.29) is 12.3 Å². The van der Waals surface area contributed by atoms with Gasteiger partial charge < -0.3 is 16.8 Å². The van der Waals surface area contributed by atoms with Crippen molar-refractivity contribution in [2.24, 2.45) is 5.73 Å². The predicted molar refractivity (Wildman–Crippen MR) is 71.2 cm³/mol. The van der Waals surface area contributed by atoms with Crippen molar-refractivity contribution in [1.29, 1.82) is 0 Å². The molecule has 0 aromatic heterocycles. The van der Waals surface area contributed by atoms with E-state index in [1.807, 2.05) is 0 Å². The minimum atomic E-state index is -0.712. The molecule has 0 saturated heterocycles. The van der Waals surface area contributed by atoms with Crippen molar-refractivity contribution < 1.29 is 9.59 Å². The molecule has 0 aliphatic heterocycles. The molecule has 0 bridgehead atoms. The van der Waals surface area contributed by atoms with Crippen LogP contribution in [0.4, 0.5) is 5.69 Å². The zero-order valence-electron chi connectivity index (χ0n) is 10.3. The van der Waals surface area contributed by atoms with Gasteiger partial charge in [0.15, 0.2) is 0 Å². The molecular weight excluding hydrogens is 254 g/mol. The van der Waals surface area contributed by atoms with E-state index >= 15 is 0 Å². The summed E-state index contributed by atoms with van der Waals surface area (Å²) in [5.41, 5.74) is 10.7. The molecule has 0 radical (unpaired) electrons. The summed E-state index contributed by atoms with van der Waals surface area (Å²) < 4.78 is 0. The quantitative estimate of drug-likeness (QED) is 0.719. The van der Waals surface area contributed by atoms with Crippen LogP contribution >= 0.6 is 11.6 Å². The number of hydrogen-bond acceptors (Lipinski definition) is 3. The summed E-state index contributed by atoms with van der Waals surface area (Å²) in [6, 6.07) is 4.60. The van der Waals surface area contributed by atoms with Gasteiger partial charge in [0.2, 0.25) is 5.91 Å². The minimum absolute atomic E-state index is 0.0570. The van der Waals surface area contributed by atoms with Gasteiger partial charge in [-0.2, -0.15) is 0 Å². The Kier molecular flexibility index (Phi) is 4.19. The van der Waals surface area contributed by atoms with Crippen LogP contribution in [0.5, 0.6) is 0 Å². The van der Waals surface area contributed by atoms with Gasteiger partial charge in [-0.25, -0.2) is 0 Å². The number of primary amides is 1. The molecule has 0 aliphatic carbocycles. The standard InChI is InChI=1S/C12H16ClN3O2/c1-12(2,6-10(15)17)16-11(18)7-3-4-9(14)8(13)5-7/h3-5H,6,14H2,1-2H3,(H2,15,17)(H,16,18). The van der Waals surface area contributed by atoms with E-state index in [0.29, 0.717) is 16.3 Å². The number of nitrogen functional groups attached to an aromatic ring is 1. The molecule has 2 amide bonds. The first-order valence-corrected chi connectivity index (χ1v) is 5.75. The Morgan fingerprint density at radius 3 is 2.50 bits per heavy atom. The summed E-state index contributed by atoms with van der Waals surface area (Å²) in [6.07, 6.45) is 0.0570. The number of rotatable bonds is 4. The molecular formula is C12H16ClN3O2. The summed E-state index contributed by atoms with van der Waals surface area (Å²) in [7, 11) is 0. The molecule has 0 spiro atoms. The van der Waals surface area contributed by atoms with Gasteiger partial charge in [0.1, 0.15) is 0 Å². The van der Waals surface area contributed by atoms with Crippen molar-refractivity contribution in [1.82, 2.24) is 5.32 Å². The summed E-state index contributed by atoms with van der Waals surface area (Å²) in [5.74, 6) is -0.807. The molecule has 1 aromatic rings. The highest BCUT2D eigenvalue weighted by atomic mass is 35.5. The lowest BCUT2D eigenvalue weighted by Crippen LogP contribution is -2.46. The van der Waals surface area contributed by atoms with Crippen molar-refractivity contribution in [2.45, 2.75) is 25.8 Å². The van der Waals surface area contributed by atoms with Gasteiger partial charge in [0, 0.05) is 17.5 Å². The summed E-state index contributed by atoms with van der Waals surface area (Å²) in [6.45, 7) is 3.43. The van der Waals surface area contributed by atoms with E-state index in [1.165, 1.54) is 6.07 Å². The normalized spacial score (nSPS) is 11.1. The largest absolute Gasteiger partial charge is 0.398 e. The van der Waals surface area contributed by atoms with E-state index in [1.54, 1.807) is 26.0 Å². The molecule has 1 rings (SSSR count). The highest BCUT2D eigenvalue weighted by Gasteiger charge is 2.23. The van der Waals surface area contributed by atoms with Crippen LogP contribution in [-0.2, 0) is 4.79 Å². The first-order chi connectivity index (χ1) is 8.21. The van der Waals surface area contributed by atoms with E-state index in [4.69, 9.17) is 23.1 Å². The Labute approximate surface area is 110 Å². The second kappa shape index (κ2) is 5.27. The number of anilines is 1. The number of nitrogens with one attached hydrogen (secondary N) is 1. The Morgan fingerprint density at radius 1 is 1.39 bits per heavy atom. The third kappa shape index (κ3) is 3.92. The van der Waals surface area contributed by atoms with Crippen molar-refractivity contribution in [3.8, 4) is 0 Å². The highest BCUT2D eigenvalue weighted by Crippen LogP contribution is 2.20. The molecule has 0 aliphatic rings. The summed E-state index contributed by atoms with van der Waals surface area (Å²) in [5, 5.41) is 3.03. The van der Waals surface area contributed by atoms with E-state index in [0.717, 1.165) is 0 Å². The average Bonchev–Trinajstić information content (AvgIpc) is 2.19. The van der Waals surface area contributed by atoms with Crippen LogP contribution in [0.2, 0.25) is 5.02 Å². The molecule has 5 N–H and O–H groups in total. The number of carbonyl (C=O) groups is 2. The van der Waals surface area contributed by atoms with Crippen molar-refractivity contribution in [3.05, 3.63) is 28.8 Å². The van der Waals surface area contributed by atoms with Crippen molar-refractivity contribution in [2.75, 3.05) is 5.73 Å². The molecule has 0 atom stereocenters. The van der Waals surface area contributed by atoms with Gasteiger partial charge in [-0.1, -0.05) is 11.6 Å². The van der Waals surface area contributed by atoms with Crippen molar-refractivity contribution in [3.63, 3.8) is 0 Å². The molecule has 0 heterocycles. The maximum Gasteiger partial charge on any atom is 0.251 e. The second-order valence-electron chi connectivity index (χ2n) is 4.72. The van der Waals surface area contributed by atoms with Crippen LogP contribution in [0.15, 0.2) is 18.2 Å². The van der Waals surface area contributed by atoms with E-state index in [2.05, 4.69) is 5.32 Å². The Balaban J connectivity index is 2.82. The number of nitrogens with two attached hydrogens (primary N) is 2. The first kappa shape index (κ1) is 14.3. The second-order valence-corrected chi connectivity index (χ2v) is 5.12. The predicted octanol–water partition coefficient (Wildman–Crippen LogP) is 1.31. The third-order valence-corrected chi connectivity index (χ3v) is 2.66. The van der Waals surface area contributed by atoms with Crippen LogP contribution in [0.25, 0.3) is 0 Å². The number of hydrogen-bond donors (Lipinski definition) is 3. The smallest absolute Gasteiger partial charge is 0.251 e. The Hall–Kier alpha value is -1.75. The number of benzene rings is 1. The molecule has 98 valence electrons. The van der Waals surface area contributed by atoms with Crippen LogP contribution < -0.4 is 16.8 Å². The first-order valence-electron chi connectivity index (χ1n) is 5.37. The van der Waals surface area contributed by atoms with Gasteiger partial charge in [0.25, 0.3) is 5.91 Å². The highest BCUT2D eigenvalue weighted by molar-refractivity contribution is 6.33. The fraction of sp³-hybridized carbons (Fsp3) is 0.333. The molecule has 5 nitrogen and oxygen atoms in total. The van der Waals surface area contributed by atoms with Gasteiger partial charge >= 0.3 is 0 Å². The fourth-order valence-electron chi connectivity index (χ4n) is 1.53. The maximum atomic E-state index is 11.9.